The maximum Gasteiger partial charge on any atom is 0.240 e. The van der Waals surface area contributed by atoms with Crippen LogP contribution in [0.5, 0.6) is 5.75 Å². The van der Waals surface area contributed by atoms with E-state index in [4.69, 9.17) is 14.5 Å². The molecule has 1 amide bonds. The molecule has 156 valence electrons. The van der Waals surface area contributed by atoms with Gasteiger partial charge < -0.3 is 23.9 Å². The molecule has 0 aliphatic carbocycles. The molecule has 4 rings (SSSR count). The van der Waals surface area contributed by atoms with E-state index in [2.05, 4.69) is 9.88 Å². The van der Waals surface area contributed by atoms with E-state index in [9.17, 15) is 4.79 Å². The van der Waals surface area contributed by atoms with Crippen LogP contribution in [0.15, 0.2) is 54.7 Å². The van der Waals surface area contributed by atoms with Crippen molar-refractivity contribution in [2.45, 2.75) is 26.1 Å². The lowest BCUT2D eigenvalue weighted by Gasteiger charge is -2.17. The molecule has 2 aromatic carbocycles. The summed E-state index contributed by atoms with van der Waals surface area (Å²) in [4.78, 5) is 17.6. The smallest absolute Gasteiger partial charge is 0.240 e. The Balaban J connectivity index is 1.54. The Kier molecular flexibility index (Phi) is 5.72. The molecule has 0 fully saturated rings. The molecule has 7 nitrogen and oxygen atoms in total. The fraction of sp³-hybridized carbons (Fsp3) is 0.304. The number of rotatable bonds is 8. The van der Waals surface area contributed by atoms with Crippen LogP contribution < -0.4 is 10.1 Å². The number of hydrogen-bond acceptors (Lipinski definition) is 4. The second-order valence-electron chi connectivity index (χ2n) is 7.23. The lowest BCUT2D eigenvalue weighted by atomic mass is 10.2. The van der Waals surface area contributed by atoms with Gasteiger partial charge in [0.2, 0.25) is 5.91 Å². The number of ether oxygens (including phenoxy) is 2. The van der Waals surface area contributed by atoms with Crippen molar-refractivity contribution in [2.75, 3.05) is 20.8 Å². The van der Waals surface area contributed by atoms with Gasteiger partial charge in [-0.1, -0.05) is 18.2 Å². The Labute approximate surface area is 175 Å². The third-order valence-corrected chi connectivity index (χ3v) is 5.28. The Morgan fingerprint density at radius 1 is 1.10 bits per heavy atom. The number of carbonyl (C=O) groups excluding carboxylic acids is 1. The molecule has 0 aliphatic heterocycles. The number of nitrogens with one attached hydrogen (secondary N) is 1. The van der Waals surface area contributed by atoms with Crippen LogP contribution in [0.2, 0.25) is 0 Å². The van der Waals surface area contributed by atoms with Crippen LogP contribution in [-0.4, -0.2) is 40.9 Å². The molecule has 4 aromatic rings. The van der Waals surface area contributed by atoms with Crippen LogP contribution in [0.1, 0.15) is 18.8 Å². The highest BCUT2D eigenvalue weighted by Gasteiger charge is 2.19. The van der Waals surface area contributed by atoms with E-state index in [0.717, 1.165) is 33.5 Å². The highest BCUT2D eigenvalue weighted by Crippen LogP contribution is 2.26. The molecule has 0 aliphatic rings. The van der Waals surface area contributed by atoms with E-state index in [0.29, 0.717) is 13.2 Å². The number of aromatic nitrogens is 3. The first-order valence-corrected chi connectivity index (χ1v) is 9.97. The summed E-state index contributed by atoms with van der Waals surface area (Å²) in [5, 5.41) is 4.08. The Morgan fingerprint density at radius 2 is 1.90 bits per heavy atom. The monoisotopic (exact) mass is 406 g/mol. The summed E-state index contributed by atoms with van der Waals surface area (Å²) in [5.74, 6) is 1.54. The first kappa shape index (κ1) is 20.0. The van der Waals surface area contributed by atoms with Gasteiger partial charge in [0.05, 0.1) is 36.3 Å². The van der Waals surface area contributed by atoms with Crippen molar-refractivity contribution >= 4 is 27.8 Å². The minimum atomic E-state index is -0.238. The summed E-state index contributed by atoms with van der Waals surface area (Å²) in [6.07, 6.45) is 1.91. The topological polar surface area (TPSA) is 70.3 Å². The number of hydrogen-bond donors (Lipinski definition) is 1. The number of para-hydroxylation sites is 2. The van der Waals surface area contributed by atoms with Gasteiger partial charge in [-0.2, -0.15) is 0 Å². The molecular formula is C23H26N4O3. The normalized spacial score (nSPS) is 12.4. The van der Waals surface area contributed by atoms with E-state index in [1.807, 2.05) is 66.2 Å². The molecular weight excluding hydrogens is 380 g/mol. The molecule has 7 heteroatoms. The first-order chi connectivity index (χ1) is 14.6. The third-order valence-electron chi connectivity index (χ3n) is 5.28. The highest BCUT2D eigenvalue weighted by molar-refractivity contribution is 5.88. The molecule has 0 radical (unpaired) electrons. The van der Waals surface area contributed by atoms with Crippen LogP contribution in [0, 0.1) is 0 Å². The van der Waals surface area contributed by atoms with Gasteiger partial charge in [-0.3, -0.25) is 4.79 Å². The predicted molar refractivity (Wildman–Crippen MR) is 117 cm³/mol. The van der Waals surface area contributed by atoms with Gasteiger partial charge in [-0.05, 0) is 37.3 Å². The van der Waals surface area contributed by atoms with Gasteiger partial charge in [0.15, 0.2) is 0 Å². The van der Waals surface area contributed by atoms with E-state index < -0.39 is 0 Å². The second kappa shape index (κ2) is 8.59. The fourth-order valence-electron chi connectivity index (χ4n) is 3.86. The summed E-state index contributed by atoms with van der Waals surface area (Å²) >= 11 is 0. The average Bonchev–Trinajstić information content (AvgIpc) is 3.33. The molecule has 0 saturated carbocycles. The summed E-state index contributed by atoms with van der Waals surface area (Å²) in [7, 11) is 3.33. The molecule has 0 saturated heterocycles. The van der Waals surface area contributed by atoms with Gasteiger partial charge in [0.1, 0.15) is 18.1 Å². The zero-order valence-corrected chi connectivity index (χ0v) is 17.5. The molecule has 2 heterocycles. The summed E-state index contributed by atoms with van der Waals surface area (Å²) in [6.45, 7) is 3.43. The molecule has 1 atom stereocenters. The van der Waals surface area contributed by atoms with Crippen molar-refractivity contribution in [3.8, 4) is 5.75 Å². The van der Waals surface area contributed by atoms with Gasteiger partial charge in [-0.15, -0.1) is 0 Å². The average molecular weight is 406 g/mol. The molecule has 0 spiro atoms. The van der Waals surface area contributed by atoms with Crippen molar-refractivity contribution < 1.29 is 14.3 Å². The maximum atomic E-state index is 12.8. The Hall–Kier alpha value is -3.32. The maximum absolute atomic E-state index is 12.8. The quantitative estimate of drug-likeness (QED) is 0.486. The largest absolute Gasteiger partial charge is 0.496 e. The molecule has 30 heavy (non-hydrogen) atoms. The molecule has 0 bridgehead atoms. The van der Waals surface area contributed by atoms with Crippen molar-refractivity contribution in [3.05, 3.63) is 60.6 Å². The van der Waals surface area contributed by atoms with Crippen molar-refractivity contribution in [2.24, 2.45) is 0 Å². The van der Waals surface area contributed by atoms with Crippen molar-refractivity contribution in [3.63, 3.8) is 0 Å². The van der Waals surface area contributed by atoms with Crippen molar-refractivity contribution in [1.82, 2.24) is 19.4 Å². The van der Waals surface area contributed by atoms with Gasteiger partial charge >= 0.3 is 0 Å². The van der Waals surface area contributed by atoms with Crippen LogP contribution in [0.4, 0.5) is 0 Å². The number of amides is 1. The number of methoxy groups -OCH3 is 2. The zero-order chi connectivity index (χ0) is 21.1. The van der Waals surface area contributed by atoms with Crippen molar-refractivity contribution in [1.29, 1.82) is 0 Å². The molecule has 1 unspecified atom stereocenters. The Bertz CT molecular complexity index is 1180. The Morgan fingerprint density at radius 3 is 2.70 bits per heavy atom. The van der Waals surface area contributed by atoms with Gasteiger partial charge in [-0.25, -0.2) is 4.98 Å². The summed E-state index contributed by atoms with van der Waals surface area (Å²) < 4.78 is 14.7. The van der Waals surface area contributed by atoms with E-state index >= 15 is 0 Å². The summed E-state index contributed by atoms with van der Waals surface area (Å²) in [5.41, 5.74) is 2.91. The lowest BCUT2D eigenvalue weighted by Crippen LogP contribution is -2.31. The summed E-state index contributed by atoms with van der Waals surface area (Å²) in [6, 6.07) is 15.5. The SMILES string of the molecule is COCCn1c(C(C)NC(=O)Cn2ccc3c(OC)cccc32)nc2ccccc21. The van der Waals surface area contributed by atoms with E-state index in [1.165, 1.54) is 0 Å². The first-order valence-electron chi connectivity index (χ1n) is 9.97. The number of nitrogens with zero attached hydrogens (tertiary/aromatic N) is 3. The fourth-order valence-corrected chi connectivity index (χ4v) is 3.86. The van der Waals surface area contributed by atoms with E-state index in [1.54, 1.807) is 14.2 Å². The van der Waals surface area contributed by atoms with E-state index in [-0.39, 0.29) is 18.5 Å². The minimum absolute atomic E-state index is 0.0758. The van der Waals surface area contributed by atoms with Gasteiger partial charge in [0.25, 0.3) is 0 Å². The van der Waals surface area contributed by atoms with Crippen LogP contribution in [0.25, 0.3) is 21.9 Å². The van der Waals surface area contributed by atoms with Gasteiger partial charge in [0, 0.05) is 25.2 Å². The molecule has 1 N–H and O–H groups in total. The third kappa shape index (κ3) is 3.76. The number of carbonyl (C=O) groups is 1. The van der Waals surface area contributed by atoms with Crippen LogP contribution in [-0.2, 0) is 22.6 Å². The highest BCUT2D eigenvalue weighted by atomic mass is 16.5. The number of benzene rings is 2. The van der Waals surface area contributed by atoms with Crippen LogP contribution >= 0.6 is 0 Å². The minimum Gasteiger partial charge on any atom is -0.496 e. The number of fused-ring (bicyclic) bond motifs is 2. The lowest BCUT2D eigenvalue weighted by molar-refractivity contribution is -0.122. The zero-order valence-electron chi connectivity index (χ0n) is 17.5. The number of imidazole rings is 1. The second-order valence-corrected chi connectivity index (χ2v) is 7.23. The predicted octanol–water partition coefficient (Wildman–Crippen LogP) is 3.52. The standard InChI is InChI=1S/C23H26N4O3/c1-16(23-25-18-7-4-5-8-20(18)27(23)13-14-29-2)24-22(28)15-26-12-11-17-19(26)9-6-10-21(17)30-3/h4-12,16H,13-15H2,1-3H3,(H,24,28). The molecule has 2 aromatic heterocycles. The van der Waals surface area contributed by atoms with Crippen LogP contribution in [0.3, 0.4) is 0 Å².